The Kier molecular flexibility index (Phi) is 3.55. The normalized spacial score (nSPS) is 10.5. The van der Waals surface area contributed by atoms with Gasteiger partial charge >= 0.3 is 5.97 Å². The Morgan fingerprint density at radius 3 is 2.74 bits per heavy atom. The van der Waals surface area contributed by atoms with Crippen LogP contribution >= 0.6 is 0 Å². The first-order valence-corrected chi connectivity index (χ1v) is 5.93. The fourth-order valence-corrected chi connectivity index (χ4v) is 1.99. The lowest BCUT2D eigenvalue weighted by molar-refractivity contribution is -0.136. The number of carboxylic acid groups (broad SMARTS) is 1. The van der Waals surface area contributed by atoms with Crippen molar-refractivity contribution in [2.75, 3.05) is 7.11 Å². The first-order chi connectivity index (χ1) is 9.01. The number of carboxylic acids is 1. The minimum absolute atomic E-state index is 0.0814. The van der Waals surface area contributed by atoms with Crippen molar-refractivity contribution in [2.45, 2.75) is 20.3 Å². The van der Waals surface area contributed by atoms with Crippen LogP contribution in [0.4, 0.5) is 0 Å². The molecule has 1 aromatic heterocycles. The van der Waals surface area contributed by atoms with Crippen molar-refractivity contribution in [3.05, 3.63) is 41.2 Å². The maximum Gasteiger partial charge on any atom is 0.309 e. The lowest BCUT2D eigenvalue weighted by atomic mass is 10.2. The van der Waals surface area contributed by atoms with Gasteiger partial charge in [-0.3, -0.25) is 4.79 Å². The molecule has 0 aliphatic carbocycles. The molecule has 0 radical (unpaired) electrons. The molecule has 5 nitrogen and oxygen atoms in total. The van der Waals surface area contributed by atoms with Crippen LogP contribution in [0.25, 0.3) is 5.69 Å². The number of carbonyl (C=O) groups is 1. The Morgan fingerprint density at radius 2 is 2.11 bits per heavy atom. The van der Waals surface area contributed by atoms with Crippen molar-refractivity contribution in [1.82, 2.24) is 9.78 Å². The SMILES string of the molecule is COc1ccc(C)cc1-n1nc(CC(=O)O)cc1C. The summed E-state index contributed by atoms with van der Waals surface area (Å²) in [7, 11) is 1.60. The van der Waals surface area contributed by atoms with E-state index in [0.29, 0.717) is 11.4 Å². The van der Waals surface area contributed by atoms with Crippen molar-refractivity contribution >= 4 is 5.97 Å². The molecule has 0 bridgehead atoms. The minimum atomic E-state index is -0.888. The zero-order chi connectivity index (χ0) is 14.0. The van der Waals surface area contributed by atoms with Gasteiger partial charge in [-0.2, -0.15) is 5.10 Å². The second kappa shape index (κ2) is 5.14. The monoisotopic (exact) mass is 260 g/mol. The van der Waals surface area contributed by atoms with Crippen molar-refractivity contribution in [3.63, 3.8) is 0 Å². The zero-order valence-electron chi connectivity index (χ0n) is 11.2. The lowest BCUT2D eigenvalue weighted by Crippen LogP contribution is -2.04. The molecule has 2 aromatic rings. The van der Waals surface area contributed by atoms with Gasteiger partial charge in [0.25, 0.3) is 0 Å². The summed E-state index contributed by atoms with van der Waals surface area (Å²) in [6.07, 6.45) is -0.0814. The Hall–Kier alpha value is -2.30. The predicted molar refractivity (Wildman–Crippen MR) is 70.9 cm³/mol. The van der Waals surface area contributed by atoms with E-state index in [0.717, 1.165) is 16.9 Å². The van der Waals surface area contributed by atoms with Gasteiger partial charge in [0.05, 0.1) is 19.2 Å². The smallest absolute Gasteiger partial charge is 0.309 e. The summed E-state index contributed by atoms with van der Waals surface area (Å²) in [5.41, 5.74) is 3.32. The fraction of sp³-hybridized carbons (Fsp3) is 0.286. The van der Waals surface area contributed by atoms with Crippen molar-refractivity contribution in [2.24, 2.45) is 0 Å². The molecule has 0 amide bonds. The number of aliphatic carboxylic acids is 1. The van der Waals surface area contributed by atoms with Crippen molar-refractivity contribution in [1.29, 1.82) is 0 Å². The summed E-state index contributed by atoms with van der Waals surface area (Å²) in [5, 5.41) is 13.1. The Labute approximate surface area is 111 Å². The number of methoxy groups -OCH3 is 1. The summed E-state index contributed by atoms with van der Waals surface area (Å²) in [4.78, 5) is 10.7. The molecule has 1 heterocycles. The van der Waals surface area contributed by atoms with Crippen molar-refractivity contribution < 1.29 is 14.6 Å². The van der Waals surface area contributed by atoms with E-state index in [-0.39, 0.29) is 6.42 Å². The topological polar surface area (TPSA) is 64.4 Å². The molecular weight excluding hydrogens is 244 g/mol. The standard InChI is InChI=1S/C14H16N2O3/c1-9-4-5-13(19-3)12(6-9)16-10(2)7-11(15-16)8-14(17)18/h4-7H,8H2,1-3H3,(H,17,18). The van der Waals surface area contributed by atoms with E-state index in [1.807, 2.05) is 32.0 Å². The van der Waals surface area contributed by atoms with Gasteiger partial charge in [0, 0.05) is 5.69 Å². The van der Waals surface area contributed by atoms with E-state index in [9.17, 15) is 4.79 Å². The third kappa shape index (κ3) is 2.76. The molecule has 0 aliphatic heterocycles. The average Bonchev–Trinajstić information content (AvgIpc) is 2.69. The highest BCUT2D eigenvalue weighted by molar-refractivity contribution is 5.69. The Bertz CT molecular complexity index is 617. The van der Waals surface area contributed by atoms with Gasteiger partial charge in [-0.1, -0.05) is 6.07 Å². The first kappa shape index (κ1) is 13.1. The van der Waals surface area contributed by atoms with Gasteiger partial charge < -0.3 is 9.84 Å². The van der Waals surface area contributed by atoms with Crippen LogP contribution in [0.5, 0.6) is 5.75 Å². The van der Waals surface area contributed by atoms with E-state index >= 15 is 0 Å². The number of benzene rings is 1. The second-order valence-electron chi connectivity index (χ2n) is 4.43. The molecule has 0 unspecified atom stereocenters. The van der Waals surface area contributed by atoms with Crippen molar-refractivity contribution in [3.8, 4) is 11.4 Å². The molecule has 1 N–H and O–H groups in total. The van der Waals surface area contributed by atoms with E-state index in [1.54, 1.807) is 17.9 Å². The van der Waals surface area contributed by atoms with Crippen LogP contribution in [0.2, 0.25) is 0 Å². The van der Waals surface area contributed by atoms with Crippen LogP contribution in [0.1, 0.15) is 17.0 Å². The molecule has 5 heteroatoms. The molecule has 0 atom stereocenters. The number of aromatic nitrogens is 2. The third-order valence-electron chi connectivity index (χ3n) is 2.83. The molecule has 19 heavy (non-hydrogen) atoms. The highest BCUT2D eigenvalue weighted by Crippen LogP contribution is 2.25. The first-order valence-electron chi connectivity index (χ1n) is 5.93. The maximum absolute atomic E-state index is 10.7. The summed E-state index contributed by atoms with van der Waals surface area (Å²) in [6, 6.07) is 7.57. The maximum atomic E-state index is 10.7. The molecule has 0 saturated carbocycles. The largest absolute Gasteiger partial charge is 0.494 e. The quantitative estimate of drug-likeness (QED) is 0.914. The molecule has 0 aliphatic rings. The molecule has 0 fully saturated rings. The molecular formula is C14H16N2O3. The lowest BCUT2D eigenvalue weighted by Gasteiger charge is -2.10. The molecule has 1 aromatic carbocycles. The van der Waals surface area contributed by atoms with Gasteiger partial charge in [0.15, 0.2) is 0 Å². The van der Waals surface area contributed by atoms with Gasteiger partial charge in [0.1, 0.15) is 11.4 Å². The van der Waals surface area contributed by atoms with Crippen LogP contribution in [-0.2, 0) is 11.2 Å². The number of hydrogen-bond donors (Lipinski definition) is 1. The van der Waals surface area contributed by atoms with Gasteiger partial charge in [-0.15, -0.1) is 0 Å². The molecule has 0 saturated heterocycles. The number of rotatable bonds is 4. The zero-order valence-corrected chi connectivity index (χ0v) is 11.2. The van der Waals surface area contributed by atoms with Crippen LogP contribution in [0, 0.1) is 13.8 Å². The number of hydrogen-bond acceptors (Lipinski definition) is 3. The Morgan fingerprint density at radius 1 is 1.37 bits per heavy atom. The average molecular weight is 260 g/mol. The molecule has 2 rings (SSSR count). The van der Waals surface area contributed by atoms with Gasteiger partial charge in [-0.25, -0.2) is 4.68 Å². The highest BCUT2D eigenvalue weighted by atomic mass is 16.5. The summed E-state index contributed by atoms with van der Waals surface area (Å²) in [6.45, 7) is 3.88. The van der Waals surface area contributed by atoms with Crippen LogP contribution < -0.4 is 4.74 Å². The Balaban J connectivity index is 2.49. The van der Waals surface area contributed by atoms with Crippen LogP contribution in [-0.4, -0.2) is 28.0 Å². The third-order valence-corrected chi connectivity index (χ3v) is 2.83. The highest BCUT2D eigenvalue weighted by Gasteiger charge is 2.12. The van der Waals surface area contributed by atoms with Gasteiger partial charge in [0.2, 0.25) is 0 Å². The van der Waals surface area contributed by atoms with E-state index < -0.39 is 5.97 Å². The van der Waals surface area contributed by atoms with Gasteiger partial charge in [-0.05, 0) is 37.6 Å². The summed E-state index contributed by atoms with van der Waals surface area (Å²) in [5.74, 6) is -0.181. The van der Waals surface area contributed by atoms with Crippen LogP contribution in [0.15, 0.2) is 24.3 Å². The minimum Gasteiger partial charge on any atom is -0.494 e. The fourth-order valence-electron chi connectivity index (χ4n) is 1.99. The second-order valence-corrected chi connectivity index (χ2v) is 4.43. The van der Waals surface area contributed by atoms with E-state index in [2.05, 4.69) is 5.10 Å². The summed E-state index contributed by atoms with van der Waals surface area (Å²) < 4.78 is 7.04. The number of nitrogens with zero attached hydrogens (tertiary/aromatic N) is 2. The summed E-state index contributed by atoms with van der Waals surface area (Å²) >= 11 is 0. The predicted octanol–water partition coefficient (Wildman–Crippen LogP) is 2.12. The molecule has 0 spiro atoms. The molecule has 100 valence electrons. The van der Waals surface area contributed by atoms with E-state index in [4.69, 9.17) is 9.84 Å². The van der Waals surface area contributed by atoms with Crippen LogP contribution in [0.3, 0.4) is 0 Å². The number of aryl methyl sites for hydroxylation is 2. The van der Waals surface area contributed by atoms with E-state index in [1.165, 1.54) is 0 Å². The number of ether oxygens (including phenoxy) is 1.